The number of nitrogens with one attached hydrogen (secondary N) is 1. The maximum Gasteiger partial charge on any atom is 0.219 e. The van der Waals surface area contributed by atoms with Crippen molar-refractivity contribution in [2.75, 3.05) is 32.7 Å². The van der Waals surface area contributed by atoms with E-state index in [-0.39, 0.29) is 5.91 Å². The number of benzene rings is 1. The second kappa shape index (κ2) is 6.58. The molecule has 0 bridgehead atoms. The maximum atomic E-state index is 11.6. The van der Waals surface area contributed by atoms with Gasteiger partial charge < -0.3 is 10.2 Å². The lowest BCUT2D eigenvalue weighted by Gasteiger charge is -2.31. The van der Waals surface area contributed by atoms with Crippen LogP contribution in [0.4, 0.5) is 0 Å². The molecule has 1 N–H and O–H groups in total. The number of hydrogen-bond donors (Lipinski definition) is 1. The Hall–Kier alpha value is -1.39. The molecular formula is C17H25N3O. The van der Waals surface area contributed by atoms with Crippen molar-refractivity contribution < 1.29 is 4.79 Å². The molecule has 2 aliphatic rings. The maximum absolute atomic E-state index is 11.6. The number of carbonyl (C=O) groups is 1. The van der Waals surface area contributed by atoms with E-state index in [0.717, 1.165) is 52.1 Å². The molecule has 1 unspecified atom stereocenters. The summed E-state index contributed by atoms with van der Waals surface area (Å²) in [6.45, 7) is 7.55. The first-order valence-corrected chi connectivity index (χ1v) is 8.04. The zero-order valence-electron chi connectivity index (χ0n) is 12.8. The number of hydrogen-bond acceptors (Lipinski definition) is 3. The molecular weight excluding hydrogens is 262 g/mol. The topological polar surface area (TPSA) is 35.6 Å². The molecule has 0 saturated carbocycles. The summed E-state index contributed by atoms with van der Waals surface area (Å²) in [5.41, 5.74) is 2.89. The first-order valence-electron chi connectivity index (χ1n) is 8.04. The first kappa shape index (κ1) is 14.5. The van der Waals surface area contributed by atoms with Gasteiger partial charge in [0.1, 0.15) is 0 Å². The van der Waals surface area contributed by atoms with Gasteiger partial charge in [0.15, 0.2) is 0 Å². The zero-order chi connectivity index (χ0) is 14.7. The smallest absolute Gasteiger partial charge is 0.219 e. The fraction of sp³-hybridized carbons (Fsp3) is 0.588. The van der Waals surface area contributed by atoms with Crippen molar-refractivity contribution in [3.8, 4) is 0 Å². The van der Waals surface area contributed by atoms with E-state index < -0.39 is 0 Å². The Morgan fingerprint density at radius 2 is 2.05 bits per heavy atom. The van der Waals surface area contributed by atoms with Gasteiger partial charge in [-0.3, -0.25) is 9.69 Å². The molecule has 114 valence electrons. The fourth-order valence-electron chi connectivity index (χ4n) is 3.58. The SMILES string of the molecule is CC(=O)N1CCCN(C2CCNCc3ccccc32)CC1. The molecule has 0 radical (unpaired) electrons. The number of fused-ring (bicyclic) bond motifs is 1. The molecule has 1 atom stereocenters. The summed E-state index contributed by atoms with van der Waals surface area (Å²) in [6.07, 6.45) is 2.22. The molecule has 2 heterocycles. The minimum absolute atomic E-state index is 0.208. The van der Waals surface area contributed by atoms with Crippen LogP contribution < -0.4 is 5.32 Å². The van der Waals surface area contributed by atoms with Crippen LogP contribution in [-0.4, -0.2) is 48.4 Å². The van der Waals surface area contributed by atoms with Gasteiger partial charge >= 0.3 is 0 Å². The van der Waals surface area contributed by atoms with Gasteiger partial charge in [-0.15, -0.1) is 0 Å². The lowest BCUT2D eigenvalue weighted by Crippen LogP contribution is -2.35. The molecule has 3 rings (SSSR count). The van der Waals surface area contributed by atoms with Crippen molar-refractivity contribution in [3.05, 3.63) is 35.4 Å². The van der Waals surface area contributed by atoms with E-state index in [1.165, 1.54) is 11.1 Å². The minimum Gasteiger partial charge on any atom is -0.342 e. The Bertz CT molecular complexity index is 503. The van der Waals surface area contributed by atoms with Gasteiger partial charge in [0.05, 0.1) is 0 Å². The van der Waals surface area contributed by atoms with Crippen LogP contribution in [0.25, 0.3) is 0 Å². The highest BCUT2D eigenvalue weighted by molar-refractivity contribution is 5.73. The lowest BCUT2D eigenvalue weighted by atomic mass is 9.98. The normalized spacial score (nSPS) is 24.0. The summed E-state index contributed by atoms with van der Waals surface area (Å²) < 4.78 is 0. The fourth-order valence-corrected chi connectivity index (χ4v) is 3.58. The Balaban J connectivity index is 1.78. The third-order valence-electron chi connectivity index (χ3n) is 4.74. The molecule has 21 heavy (non-hydrogen) atoms. The van der Waals surface area contributed by atoms with Crippen LogP contribution in [0.5, 0.6) is 0 Å². The summed E-state index contributed by atoms with van der Waals surface area (Å²) in [6, 6.07) is 9.28. The Morgan fingerprint density at radius 1 is 1.19 bits per heavy atom. The monoisotopic (exact) mass is 287 g/mol. The second-order valence-corrected chi connectivity index (χ2v) is 6.08. The van der Waals surface area contributed by atoms with Gasteiger partial charge in [-0.25, -0.2) is 0 Å². The first-order chi connectivity index (χ1) is 10.3. The summed E-state index contributed by atoms with van der Waals surface area (Å²) >= 11 is 0. The predicted octanol–water partition coefficient (Wildman–Crippen LogP) is 1.78. The average molecular weight is 287 g/mol. The number of amides is 1. The average Bonchev–Trinajstić information content (AvgIpc) is 2.85. The van der Waals surface area contributed by atoms with Gasteiger partial charge in [-0.1, -0.05) is 24.3 Å². The summed E-state index contributed by atoms with van der Waals surface area (Å²) in [7, 11) is 0. The number of rotatable bonds is 1. The highest BCUT2D eigenvalue weighted by Gasteiger charge is 2.26. The van der Waals surface area contributed by atoms with Crippen molar-refractivity contribution in [2.45, 2.75) is 32.4 Å². The molecule has 1 saturated heterocycles. The van der Waals surface area contributed by atoms with Gasteiger partial charge in [-0.05, 0) is 30.5 Å². The Kier molecular flexibility index (Phi) is 4.56. The standard InChI is InChI=1S/C17H25N3O/c1-14(21)19-9-4-10-20(12-11-19)17-7-8-18-13-15-5-2-3-6-16(15)17/h2-3,5-6,17-18H,4,7-13H2,1H3. The molecule has 1 amide bonds. The predicted molar refractivity (Wildman–Crippen MR) is 84.0 cm³/mol. The van der Waals surface area contributed by atoms with E-state index in [1.54, 1.807) is 6.92 Å². The van der Waals surface area contributed by atoms with Crippen molar-refractivity contribution >= 4 is 5.91 Å². The van der Waals surface area contributed by atoms with Gasteiger partial charge in [-0.2, -0.15) is 0 Å². The molecule has 4 nitrogen and oxygen atoms in total. The highest BCUT2D eigenvalue weighted by atomic mass is 16.2. The van der Waals surface area contributed by atoms with E-state index in [9.17, 15) is 4.79 Å². The van der Waals surface area contributed by atoms with Crippen molar-refractivity contribution in [1.82, 2.24) is 15.1 Å². The van der Waals surface area contributed by atoms with Crippen molar-refractivity contribution in [3.63, 3.8) is 0 Å². The molecule has 1 fully saturated rings. The molecule has 1 aromatic carbocycles. The third-order valence-corrected chi connectivity index (χ3v) is 4.74. The second-order valence-electron chi connectivity index (χ2n) is 6.08. The van der Waals surface area contributed by atoms with Crippen LogP contribution >= 0.6 is 0 Å². The minimum atomic E-state index is 0.208. The van der Waals surface area contributed by atoms with E-state index in [4.69, 9.17) is 0 Å². The van der Waals surface area contributed by atoms with Crippen LogP contribution in [0.3, 0.4) is 0 Å². The van der Waals surface area contributed by atoms with Crippen LogP contribution in [-0.2, 0) is 11.3 Å². The van der Waals surface area contributed by atoms with Gasteiger partial charge in [0, 0.05) is 45.7 Å². The van der Waals surface area contributed by atoms with E-state index in [1.807, 2.05) is 4.90 Å². The van der Waals surface area contributed by atoms with Crippen molar-refractivity contribution in [2.24, 2.45) is 0 Å². The van der Waals surface area contributed by atoms with Crippen molar-refractivity contribution in [1.29, 1.82) is 0 Å². The van der Waals surface area contributed by atoms with Crippen LogP contribution in [0.15, 0.2) is 24.3 Å². The Morgan fingerprint density at radius 3 is 2.90 bits per heavy atom. The summed E-state index contributed by atoms with van der Waals surface area (Å²) in [5.74, 6) is 0.208. The third kappa shape index (κ3) is 3.27. The van der Waals surface area contributed by atoms with E-state index in [2.05, 4.69) is 34.5 Å². The molecule has 0 spiro atoms. The molecule has 0 aliphatic carbocycles. The lowest BCUT2D eigenvalue weighted by molar-refractivity contribution is -0.128. The van der Waals surface area contributed by atoms with Gasteiger partial charge in [0.25, 0.3) is 0 Å². The number of carbonyl (C=O) groups excluding carboxylic acids is 1. The van der Waals surface area contributed by atoms with Crippen LogP contribution in [0, 0.1) is 0 Å². The number of nitrogens with zero attached hydrogens (tertiary/aromatic N) is 2. The largest absolute Gasteiger partial charge is 0.342 e. The summed E-state index contributed by atoms with van der Waals surface area (Å²) in [4.78, 5) is 16.2. The molecule has 4 heteroatoms. The van der Waals surface area contributed by atoms with Crippen LogP contribution in [0.2, 0.25) is 0 Å². The highest BCUT2D eigenvalue weighted by Crippen LogP contribution is 2.29. The van der Waals surface area contributed by atoms with E-state index in [0.29, 0.717) is 6.04 Å². The zero-order valence-corrected chi connectivity index (χ0v) is 12.8. The quantitative estimate of drug-likeness (QED) is 0.855. The Labute approximate surface area is 127 Å². The van der Waals surface area contributed by atoms with Gasteiger partial charge in [0.2, 0.25) is 5.91 Å². The van der Waals surface area contributed by atoms with E-state index >= 15 is 0 Å². The van der Waals surface area contributed by atoms with Crippen LogP contribution in [0.1, 0.15) is 36.9 Å². The summed E-state index contributed by atoms with van der Waals surface area (Å²) in [5, 5.41) is 3.52. The molecule has 1 aromatic rings. The molecule has 0 aromatic heterocycles. The molecule has 2 aliphatic heterocycles.